The third-order valence-corrected chi connectivity index (χ3v) is 3.66. The summed E-state index contributed by atoms with van der Waals surface area (Å²) in [6.45, 7) is 1.32. The molecule has 0 aliphatic rings. The second-order valence-electron chi connectivity index (χ2n) is 5.31. The zero-order valence-electron chi connectivity index (χ0n) is 12.4. The number of amides is 1. The van der Waals surface area contributed by atoms with E-state index in [4.69, 9.17) is 11.6 Å². The quantitative estimate of drug-likeness (QED) is 0.836. The van der Waals surface area contributed by atoms with Crippen molar-refractivity contribution in [3.8, 4) is 0 Å². The fourth-order valence-electron chi connectivity index (χ4n) is 2.23. The van der Waals surface area contributed by atoms with Crippen LogP contribution in [-0.2, 0) is 17.9 Å². The van der Waals surface area contributed by atoms with Gasteiger partial charge in [0.2, 0.25) is 0 Å². The van der Waals surface area contributed by atoms with Gasteiger partial charge in [0.15, 0.2) is 6.54 Å². The lowest BCUT2D eigenvalue weighted by Crippen LogP contribution is -3.08. The van der Waals surface area contributed by atoms with E-state index in [0.717, 1.165) is 16.0 Å². The molecule has 116 valence electrons. The van der Waals surface area contributed by atoms with Gasteiger partial charge in [-0.1, -0.05) is 41.9 Å². The van der Waals surface area contributed by atoms with E-state index in [2.05, 4.69) is 5.32 Å². The molecule has 0 fully saturated rings. The van der Waals surface area contributed by atoms with Crippen LogP contribution in [-0.4, -0.2) is 19.5 Å². The highest BCUT2D eigenvalue weighted by molar-refractivity contribution is 6.31. The van der Waals surface area contributed by atoms with Gasteiger partial charge < -0.3 is 10.2 Å². The van der Waals surface area contributed by atoms with Crippen LogP contribution in [0.25, 0.3) is 0 Å². The lowest BCUT2D eigenvalue weighted by Gasteiger charge is -2.14. The number of nitrogens with one attached hydrogen (secondary N) is 2. The Hall–Kier alpha value is -1.91. The normalized spacial score (nSPS) is 12.0. The molecule has 0 radical (unpaired) electrons. The number of benzene rings is 2. The number of hydrogen-bond acceptors (Lipinski definition) is 1. The average molecular weight is 322 g/mol. The molecule has 1 amide bonds. The molecule has 1 atom stereocenters. The van der Waals surface area contributed by atoms with Crippen molar-refractivity contribution in [2.75, 3.05) is 13.6 Å². The summed E-state index contributed by atoms with van der Waals surface area (Å²) in [7, 11) is 1.90. The van der Waals surface area contributed by atoms with E-state index in [9.17, 15) is 9.18 Å². The van der Waals surface area contributed by atoms with Crippen molar-refractivity contribution in [3.05, 3.63) is 70.5 Å². The number of hydrogen-bond donors (Lipinski definition) is 2. The second-order valence-corrected chi connectivity index (χ2v) is 5.72. The van der Waals surface area contributed by atoms with Crippen molar-refractivity contribution in [3.63, 3.8) is 0 Å². The highest BCUT2D eigenvalue weighted by Crippen LogP contribution is 2.14. The molecule has 0 saturated carbocycles. The SMILES string of the molecule is C[NH+](CC(=O)NCc1ccccc1Cl)Cc1cccc(F)c1. The molecule has 3 nitrogen and oxygen atoms in total. The summed E-state index contributed by atoms with van der Waals surface area (Å²) in [5.41, 5.74) is 1.76. The first-order valence-corrected chi connectivity index (χ1v) is 7.48. The van der Waals surface area contributed by atoms with Crippen molar-refractivity contribution in [1.29, 1.82) is 0 Å². The summed E-state index contributed by atoms with van der Waals surface area (Å²) >= 11 is 6.04. The molecule has 0 aromatic heterocycles. The Labute approximate surface area is 134 Å². The van der Waals surface area contributed by atoms with Gasteiger partial charge in [-0.25, -0.2) is 4.39 Å². The summed E-state index contributed by atoms with van der Waals surface area (Å²) in [6, 6.07) is 13.8. The van der Waals surface area contributed by atoms with Crippen LogP contribution in [0, 0.1) is 5.82 Å². The standard InChI is InChI=1S/C17H18ClFN2O/c1-21(11-13-5-4-7-15(19)9-13)12-17(22)20-10-14-6-2-3-8-16(14)18/h2-9H,10-12H2,1H3,(H,20,22)/p+1. The first-order valence-electron chi connectivity index (χ1n) is 7.10. The minimum atomic E-state index is -0.256. The van der Waals surface area contributed by atoms with E-state index in [1.165, 1.54) is 12.1 Å². The van der Waals surface area contributed by atoms with Gasteiger partial charge in [0, 0.05) is 17.1 Å². The number of rotatable bonds is 6. The molecular formula is C17H19ClFN2O+. The first kappa shape index (κ1) is 16.5. The Morgan fingerprint density at radius 1 is 1.23 bits per heavy atom. The Balaban J connectivity index is 1.80. The maximum absolute atomic E-state index is 13.1. The predicted octanol–water partition coefficient (Wildman–Crippen LogP) is 1.81. The Kier molecular flexibility index (Phi) is 5.92. The molecule has 2 aromatic carbocycles. The van der Waals surface area contributed by atoms with Gasteiger partial charge in [0.1, 0.15) is 12.4 Å². The maximum Gasteiger partial charge on any atom is 0.275 e. The number of likely N-dealkylation sites (N-methyl/N-ethyl adjacent to an activating group) is 1. The van der Waals surface area contributed by atoms with Crippen LogP contribution < -0.4 is 10.2 Å². The molecule has 0 heterocycles. The largest absolute Gasteiger partial charge is 0.347 e. The van der Waals surface area contributed by atoms with Gasteiger partial charge in [-0.05, 0) is 23.8 Å². The van der Waals surface area contributed by atoms with E-state index >= 15 is 0 Å². The monoisotopic (exact) mass is 321 g/mol. The van der Waals surface area contributed by atoms with Crippen LogP contribution in [0.1, 0.15) is 11.1 Å². The summed E-state index contributed by atoms with van der Waals surface area (Å²) in [4.78, 5) is 12.9. The van der Waals surface area contributed by atoms with Gasteiger partial charge in [0.25, 0.3) is 5.91 Å². The van der Waals surface area contributed by atoms with E-state index < -0.39 is 0 Å². The third-order valence-electron chi connectivity index (χ3n) is 3.29. The predicted molar refractivity (Wildman–Crippen MR) is 85.2 cm³/mol. The van der Waals surface area contributed by atoms with Gasteiger partial charge in [-0.3, -0.25) is 4.79 Å². The van der Waals surface area contributed by atoms with Gasteiger partial charge >= 0.3 is 0 Å². The Morgan fingerprint density at radius 2 is 2.00 bits per heavy atom. The van der Waals surface area contributed by atoms with Crippen LogP contribution in [0.15, 0.2) is 48.5 Å². The van der Waals surface area contributed by atoms with E-state index in [-0.39, 0.29) is 11.7 Å². The average Bonchev–Trinajstić information content (AvgIpc) is 2.46. The second kappa shape index (κ2) is 7.92. The molecule has 0 aliphatic heterocycles. The van der Waals surface area contributed by atoms with Crippen molar-refractivity contribution < 1.29 is 14.1 Å². The number of halogens is 2. The lowest BCUT2D eigenvalue weighted by atomic mass is 10.2. The van der Waals surface area contributed by atoms with Gasteiger partial charge in [0.05, 0.1) is 7.05 Å². The van der Waals surface area contributed by atoms with Crippen LogP contribution >= 0.6 is 11.6 Å². The molecule has 2 N–H and O–H groups in total. The van der Waals surface area contributed by atoms with Crippen LogP contribution in [0.2, 0.25) is 5.02 Å². The minimum Gasteiger partial charge on any atom is -0.347 e. The van der Waals surface area contributed by atoms with E-state index in [0.29, 0.717) is 24.7 Å². The molecule has 2 aromatic rings. The van der Waals surface area contributed by atoms with Crippen LogP contribution in [0.5, 0.6) is 0 Å². The first-order chi connectivity index (χ1) is 10.5. The number of carbonyl (C=O) groups is 1. The molecule has 0 bridgehead atoms. The van der Waals surface area contributed by atoms with E-state index in [1.807, 2.05) is 31.3 Å². The zero-order chi connectivity index (χ0) is 15.9. The van der Waals surface area contributed by atoms with Crippen molar-refractivity contribution in [2.24, 2.45) is 0 Å². The smallest absolute Gasteiger partial charge is 0.275 e. The number of carbonyl (C=O) groups excluding carboxylic acids is 1. The molecule has 2 rings (SSSR count). The van der Waals surface area contributed by atoms with Crippen LogP contribution in [0.4, 0.5) is 4.39 Å². The molecule has 0 aliphatic carbocycles. The van der Waals surface area contributed by atoms with Gasteiger partial charge in [-0.2, -0.15) is 0 Å². The Morgan fingerprint density at radius 3 is 2.73 bits per heavy atom. The maximum atomic E-state index is 13.1. The van der Waals surface area contributed by atoms with Crippen molar-refractivity contribution in [1.82, 2.24) is 5.32 Å². The van der Waals surface area contributed by atoms with Gasteiger partial charge in [-0.15, -0.1) is 0 Å². The lowest BCUT2D eigenvalue weighted by molar-refractivity contribution is -0.885. The molecule has 0 spiro atoms. The summed E-state index contributed by atoms with van der Waals surface area (Å²) in [5.74, 6) is -0.317. The Bertz CT molecular complexity index is 648. The fraction of sp³-hybridized carbons (Fsp3) is 0.235. The van der Waals surface area contributed by atoms with E-state index in [1.54, 1.807) is 12.1 Å². The van der Waals surface area contributed by atoms with Crippen molar-refractivity contribution >= 4 is 17.5 Å². The summed E-state index contributed by atoms with van der Waals surface area (Å²) in [6.07, 6.45) is 0. The topological polar surface area (TPSA) is 33.5 Å². The zero-order valence-corrected chi connectivity index (χ0v) is 13.2. The molecular weight excluding hydrogens is 303 g/mol. The summed E-state index contributed by atoms with van der Waals surface area (Å²) < 4.78 is 13.1. The minimum absolute atomic E-state index is 0.0613. The highest BCUT2D eigenvalue weighted by atomic mass is 35.5. The molecule has 22 heavy (non-hydrogen) atoms. The number of quaternary nitrogens is 1. The molecule has 0 saturated heterocycles. The van der Waals surface area contributed by atoms with Crippen molar-refractivity contribution in [2.45, 2.75) is 13.1 Å². The third kappa shape index (κ3) is 5.13. The van der Waals surface area contributed by atoms with Crippen LogP contribution in [0.3, 0.4) is 0 Å². The fourth-order valence-corrected chi connectivity index (χ4v) is 2.43. The highest BCUT2D eigenvalue weighted by Gasteiger charge is 2.11. The molecule has 1 unspecified atom stereocenters. The summed E-state index contributed by atoms with van der Waals surface area (Å²) in [5, 5.41) is 3.49. The molecule has 5 heteroatoms.